The number of benzene rings is 1. The third kappa shape index (κ3) is 3.82. The molecule has 1 aliphatic rings. The topological polar surface area (TPSA) is 82.3 Å². The van der Waals surface area contributed by atoms with Crippen LogP contribution in [0.15, 0.2) is 35.1 Å². The number of rotatable bonds is 5. The minimum atomic E-state index is -0.956. The molecule has 27 heavy (non-hydrogen) atoms. The number of hydrogen-bond acceptors (Lipinski definition) is 4. The quantitative estimate of drug-likeness (QED) is 0.819. The number of amides is 1. The highest BCUT2D eigenvalue weighted by molar-refractivity contribution is 5.95. The number of hydrogen-bond donors (Lipinski definition) is 1. The van der Waals surface area contributed by atoms with Gasteiger partial charge in [-0.2, -0.15) is 0 Å². The molecule has 1 heterocycles. The second kappa shape index (κ2) is 7.82. The molecule has 2 aromatic rings. The van der Waals surface area contributed by atoms with Gasteiger partial charge in [-0.15, -0.1) is 0 Å². The molecule has 7 nitrogen and oxygen atoms in total. The fraction of sp³-hybridized carbons (Fsp3) is 0.450. The molecular weight excluding hydrogens is 346 g/mol. The van der Waals surface area contributed by atoms with Crippen LogP contribution in [0, 0.1) is 12.8 Å². The van der Waals surface area contributed by atoms with Crippen LogP contribution < -0.4 is 10.9 Å². The summed E-state index contributed by atoms with van der Waals surface area (Å²) in [5.74, 6) is -0.956. The Kier molecular flexibility index (Phi) is 5.48. The summed E-state index contributed by atoms with van der Waals surface area (Å²) in [6, 6.07) is 9.18. The van der Waals surface area contributed by atoms with Gasteiger partial charge in [0, 0.05) is 7.05 Å². The maximum Gasteiger partial charge on any atom is 0.309 e. The molecule has 7 heteroatoms. The van der Waals surface area contributed by atoms with Crippen molar-refractivity contribution in [2.75, 3.05) is 5.32 Å². The number of nitrogens with zero attached hydrogens (tertiary/aromatic N) is 2. The number of carbonyl (C=O) groups excluding carboxylic acids is 2. The van der Waals surface area contributed by atoms with E-state index in [2.05, 4.69) is 5.32 Å². The van der Waals surface area contributed by atoms with E-state index >= 15 is 0 Å². The van der Waals surface area contributed by atoms with Gasteiger partial charge in [0.15, 0.2) is 6.10 Å². The maximum atomic E-state index is 12.8. The van der Waals surface area contributed by atoms with Crippen LogP contribution in [0.3, 0.4) is 0 Å². The van der Waals surface area contributed by atoms with Crippen LogP contribution in [0.2, 0.25) is 0 Å². The van der Waals surface area contributed by atoms with Crippen molar-refractivity contribution < 1.29 is 14.3 Å². The van der Waals surface area contributed by atoms with E-state index in [9.17, 15) is 14.4 Å². The first kappa shape index (κ1) is 18.9. The van der Waals surface area contributed by atoms with Crippen molar-refractivity contribution in [1.29, 1.82) is 0 Å². The van der Waals surface area contributed by atoms with Crippen LogP contribution in [-0.2, 0) is 21.4 Å². The van der Waals surface area contributed by atoms with E-state index in [0.717, 1.165) is 25.7 Å². The van der Waals surface area contributed by atoms with E-state index in [0.29, 0.717) is 11.4 Å². The van der Waals surface area contributed by atoms with Crippen molar-refractivity contribution in [2.45, 2.75) is 45.6 Å². The Hall–Kier alpha value is -2.83. The first-order valence-corrected chi connectivity index (χ1v) is 9.25. The SMILES string of the molecule is Cc1c(NC(=O)[C@@H](C)OC(=O)C2CCCC2)c(=O)n(-c2ccccc2)n1C. The third-order valence-corrected chi connectivity index (χ3v) is 5.15. The number of para-hydroxylation sites is 1. The van der Waals surface area contributed by atoms with Crippen molar-refractivity contribution in [3.8, 4) is 5.69 Å². The van der Waals surface area contributed by atoms with E-state index in [-0.39, 0.29) is 23.1 Å². The Morgan fingerprint density at radius 2 is 1.81 bits per heavy atom. The summed E-state index contributed by atoms with van der Waals surface area (Å²) in [6.45, 7) is 3.28. The van der Waals surface area contributed by atoms with Gasteiger partial charge in [0.05, 0.1) is 17.3 Å². The lowest BCUT2D eigenvalue weighted by atomic mass is 10.1. The normalized spacial score (nSPS) is 15.5. The number of aromatic nitrogens is 2. The monoisotopic (exact) mass is 371 g/mol. The summed E-state index contributed by atoms with van der Waals surface area (Å²) in [7, 11) is 1.75. The van der Waals surface area contributed by atoms with E-state index in [4.69, 9.17) is 4.74 Å². The van der Waals surface area contributed by atoms with Crippen LogP contribution >= 0.6 is 0 Å². The number of carbonyl (C=O) groups is 2. The van der Waals surface area contributed by atoms with Gasteiger partial charge in [0.25, 0.3) is 11.5 Å². The highest BCUT2D eigenvalue weighted by Gasteiger charge is 2.28. The van der Waals surface area contributed by atoms with Gasteiger partial charge in [-0.3, -0.25) is 19.1 Å². The Balaban J connectivity index is 1.76. The molecule has 0 spiro atoms. The fourth-order valence-electron chi connectivity index (χ4n) is 3.42. The lowest BCUT2D eigenvalue weighted by Crippen LogP contribution is -2.33. The summed E-state index contributed by atoms with van der Waals surface area (Å²) >= 11 is 0. The molecule has 0 aliphatic heterocycles. The Bertz CT molecular complexity index is 892. The van der Waals surface area contributed by atoms with Gasteiger partial charge >= 0.3 is 5.97 Å². The summed E-state index contributed by atoms with van der Waals surface area (Å²) in [4.78, 5) is 37.4. The van der Waals surface area contributed by atoms with Crippen LogP contribution in [0.25, 0.3) is 5.69 Å². The molecule has 1 N–H and O–H groups in total. The first-order valence-electron chi connectivity index (χ1n) is 9.25. The lowest BCUT2D eigenvalue weighted by molar-refractivity contribution is -0.157. The lowest BCUT2D eigenvalue weighted by Gasteiger charge is -2.15. The molecule has 0 bridgehead atoms. The van der Waals surface area contributed by atoms with Gasteiger partial charge in [-0.25, -0.2) is 4.68 Å². The molecule has 0 unspecified atom stereocenters. The molecule has 1 fully saturated rings. The Labute approximate surface area is 157 Å². The number of nitrogens with one attached hydrogen (secondary N) is 1. The molecule has 1 aliphatic carbocycles. The fourth-order valence-corrected chi connectivity index (χ4v) is 3.42. The smallest absolute Gasteiger partial charge is 0.309 e. The minimum absolute atomic E-state index is 0.117. The second-order valence-electron chi connectivity index (χ2n) is 6.99. The highest BCUT2D eigenvalue weighted by Crippen LogP contribution is 2.26. The molecule has 144 valence electrons. The van der Waals surface area contributed by atoms with Gasteiger partial charge in [-0.1, -0.05) is 31.0 Å². The van der Waals surface area contributed by atoms with E-state index in [1.54, 1.807) is 18.7 Å². The highest BCUT2D eigenvalue weighted by atomic mass is 16.5. The molecule has 0 saturated heterocycles. The van der Waals surface area contributed by atoms with Gasteiger partial charge < -0.3 is 10.1 Å². The third-order valence-electron chi connectivity index (χ3n) is 5.15. The van der Waals surface area contributed by atoms with Crippen molar-refractivity contribution >= 4 is 17.6 Å². The summed E-state index contributed by atoms with van der Waals surface area (Å²) < 4.78 is 8.47. The van der Waals surface area contributed by atoms with Crippen molar-refractivity contribution in [3.05, 3.63) is 46.4 Å². The van der Waals surface area contributed by atoms with Crippen LogP contribution in [-0.4, -0.2) is 27.3 Å². The van der Waals surface area contributed by atoms with Crippen LogP contribution in [0.5, 0.6) is 0 Å². The zero-order chi connectivity index (χ0) is 19.6. The van der Waals surface area contributed by atoms with Gasteiger partial charge in [0.1, 0.15) is 5.69 Å². The summed E-state index contributed by atoms with van der Waals surface area (Å²) in [5.41, 5.74) is 1.18. The zero-order valence-corrected chi connectivity index (χ0v) is 15.9. The standard InChI is InChI=1S/C20H25N3O4/c1-13-17(19(25)23(22(13)3)16-11-5-4-6-12-16)21-18(24)14(2)27-20(26)15-9-7-8-10-15/h4-6,11-12,14-15H,7-10H2,1-3H3,(H,21,24)/t14-/m1/s1. The van der Waals surface area contributed by atoms with Gasteiger partial charge in [0.2, 0.25) is 0 Å². The largest absolute Gasteiger partial charge is 0.452 e. The molecule has 3 rings (SSSR count). The molecular formula is C20H25N3O4. The average Bonchev–Trinajstić information content (AvgIpc) is 3.26. The molecule has 1 aromatic carbocycles. The predicted octanol–water partition coefficient (Wildman–Crippen LogP) is 2.54. The molecule has 1 amide bonds. The van der Waals surface area contributed by atoms with Crippen LogP contribution in [0.4, 0.5) is 5.69 Å². The predicted molar refractivity (Wildman–Crippen MR) is 102 cm³/mol. The summed E-state index contributed by atoms with van der Waals surface area (Å²) in [5, 5.41) is 2.63. The minimum Gasteiger partial charge on any atom is -0.452 e. The zero-order valence-electron chi connectivity index (χ0n) is 15.9. The van der Waals surface area contributed by atoms with E-state index in [1.807, 2.05) is 30.3 Å². The maximum absolute atomic E-state index is 12.8. The van der Waals surface area contributed by atoms with Crippen molar-refractivity contribution in [3.63, 3.8) is 0 Å². The van der Waals surface area contributed by atoms with Crippen molar-refractivity contribution in [2.24, 2.45) is 13.0 Å². The van der Waals surface area contributed by atoms with Crippen LogP contribution in [0.1, 0.15) is 38.3 Å². The molecule has 0 radical (unpaired) electrons. The first-order chi connectivity index (χ1) is 12.9. The Morgan fingerprint density at radius 1 is 1.19 bits per heavy atom. The number of ether oxygens (including phenoxy) is 1. The molecule has 1 atom stereocenters. The Morgan fingerprint density at radius 3 is 2.44 bits per heavy atom. The number of anilines is 1. The average molecular weight is 371 g/mol. The van der Waals surface area contributed by atoms with Crippen molar-refractivity contribution in [1.82, 2.24) is 9.36 Å². The van der Waals surface area contributed by atoms with Gasteiger partial charge in [-0.05, 0) is 38.8 Å². The number of esters is 1. The van der Waals surface area contributed by atoms with E-state index in [1.165, 1.54) is 11.6 Å². The van der Waals surface area contributed by atoms with E-state index < -0.39 is 12.0 Å². The summed E-state index contributed by atoms with van der Waals surface area (Å²) in [6.07, 6.45) is 2.70. The second-order valence-corrected chi connectivity index (χ2v) is 6.99. The molecule has 1 aromatic heterocycles. The molecule has 1 saturated carbocycles.